The van der Waals surface area contributed by atoms with Crippen LogP contribution in [0.2, 0.25) is 0 Å². The van der Waals surface area contributed by atoms with Crippen molar-refractivity contribution in [1.29, 1.82) is 0 Å². The Morgan fingerprint density at radius 3 is 2.44 bits per heavy atom. The lowest BCUT2D eigenvalue weighted by Gasteiger charge is -2.65. The summed E-state index contributed by atoms with van der Waals surface area (Å²) >= 11 is 0. The molecular weight excluding hydrogens is 504 g/mol. The highest BCUT2D eigenvalue weighted by molar-refractivity contribution is 5.98. The average molecular weight is 563 g/mol. The summed E-state index contributed by atoms with van der Waals surface area (Å²) in [5.41, 5.74) is 9.97. The van der Waals surface area contributed by atoms with Gasteiger partial charge in [-0.3, -0.25) is 4.79 Å². The number of carbonyl (C=O) groups is 1. The molecule has 41 heavy (non-hydrogen) atoms. The molecule has 10 atom stereocenters. The molecule has 0 radical (unpaired) electrons. The fourth-order valence-corrected chi connectivity index (χ4v) is 11.4. The number of nitrogen functional groups attached to an aromatic ring is 1. The Balaban J connectivity index is 1.35. The number of allylic oxidation sites excluding steroid dienone is 2. The van der Waals surface area contributed by atoms with Crippen LogP contribution in [0.4, 0.5) is 11.4 Å². The van der Waals surface area contributed by atoms with Crippen LogP contribution in [0.25, 0.3) is 0 Å². The topological polar surface area (TPSA) is 75.3 Å². The molecule has 4 nitrogen and oxygen atoms in total. The van der Waals surface area contributed by atoms with E-state index in [2.05, 4.69) is 52.9 Å². The number of Topliss-reactive ketones (excluding diaryl/α,β-unsaturated/α-hetero) is 1. The zero-order valence-corrected chi connectivity index (χ0v) is 27.1. The standard InChI is InChI=1S/C37H58N2O2/c1-23(2)9-8-10-24(3)29-12-13-30-28-11-14-33-36(5,31(28)15-17-35(29,30)4)18-16-34(41)37(33,6)22-32(40)25-19-26(38)21-27(20-25)39-7/h9,19-21,24,28-31,33-34,39,41H,8,10-18,22,38H2,1-7H3. The van der Waals surface area contributed by atoms with Crippen LogP contribution in [0.5, 0.6) is 0 Å². The van der Waals surface area contributed by atoms with Crippen molar-refractivity contribution in [2.45, 2.75) is 118 Å². The molecule has 0 heterocycles. The minimum Gasteiger partial charge on any atom is -0.399 e. The number of nitrogens with one attached hydrogen (secondary N) is 1. The van der Waals surface area contributed by atoms with Gasteiger partial charge in [-0.2, -0.15) is 0 Å². The van der Waals surface area contributed by atoms with E-state index < -0.39 is 11.5 Å². The molecule has 4 aliphatic carbocycles. The third-order valence-electron chi connectivity index (χ3n) is 13.4. The normalized spacial score (nSPS) is 40.6. The van der Waals surface area contributed by atoms with Crippen molar-refractivity contribution in [2.24, 2.45) is 51.8 Å². The number of fused-ring (bicyclic) bond motifs is 5. The van der Waals surface area contributed by atoms with Gasteiger partial charge in [0, 0.05) is 35.8 Å². The van der Waals surface area contributed by atoms with Gasteiger partial charge in [0.25, 0.3) is 0 Å². The maximum absolute atomic E-state index is 13.8. The SMILES string of the molecule is CNc1cc(N)cc(C(=O)CC2(C)C(O)CCC3(C)C4CCC5(C)C(C(C)CCC=C(C)C)CCC5C4CCC23)c1. The predicted octanol–water partition coefficient (Wildman–Crippen LogP) is 8.90. The summed E-state index contributed by atoms with van der Waals surface area (Å²) in [6.07, 6.45) is 14.7. The summed E-state index contributed by atoms with van der Waals surface area (Å²) in [6.45, 7) is 14.4. The van der Waals surface area contributed by atoms with Crippen molar-refractivity contribution in [3.63, 3.8) is 0 Å². The van der Waals surface area contributed by atoms with Crippen LogP contribution in [0, 0.1) is 51.8 Å². The minimum absolute atomic E-state index is 0.110. The van der Waals surface area contributed by atoms with Crippen LogP contribution in [-0.2, 0) is 0 Å². The van der Waals surface area contributed by atoms with Crippen LogP contribution in [0.15, 0.2) is 29.8 Å². The first-order chi connectivity index (χ1) is 19.3. The van der Waals surface area contributed by atoms with E-state index in [9.17, 15) is 9.90 Å². The first-order valence-electron chi connectivity index (χ1n) is 16.8. The van der Waals surface area contributed by atoms with Crippen molar-refractivity contribution in [2.75, 3.05) is 18.1 Å². The number of aliphatic hydroxyl groups excluding tert-OH is 1. The van der Waals surface area contributed by atoms with E-state index in [1.54, 1.807) is 6.07 Å². The van der Waals surface area contributed by atoms with Crippen molar-refractivity contribution < 1.29 is 9.90 Å². The van der Waals surface area contributed by atoms with Crippen molar-refractivity contribution in [3.05, 3.63) is 35.4 Å². The zero-order valence-electron chi connectivity index (χ0n) is 27.1. The van der Waals surface area contributed by atoms with E-state index >= 15 is 0 Å². The summed E-state index contributed by atoms with van der Waals surface area (Å²) in [6, 6.07) is 5.57. The number of carbonyl (C=O) groups excluding carboxylic acids is 1. The molecule has 4 saturated carbocycles. The highest BCUT2D eigenvalue weighted by atomic mass is 16.3. The second-order valence-corrected chi connectivity index (χ2v) is 15.8. The Labute approximate surface area is 250 Å². The lowest BCUT2D eigenvalue weighted by atomic mass is 9.40. The average Bonchev–Trinajstić information content (AvgIpc) is 3.28. The summed E-state index contributed by atoms with van der Waals surface area (Å²) < 4.78 is 0. The van der Waals surface area contributed by atoms with Crippen LogP contribution in [0.1, 0.15) is 123 Å². The van der Waals surface area contributed by atoms with E-state index in [1.165, 1.54) is 50.5 Å². The summed E-state index contributed by atoms with van der Waals surface area (Å²) in [5, 5.41) is 14.7. The lowest BCUT2D eigenvalue weighted by molar-refractivity contribution is -0.183. The van der Waals surface area contributed by atoms with Gasteiger partial charge in [0.1, 0.15) is 0 Å². The Hall–Kier alpha value is -1.81. The van der Waals surface area contributed by atoms with Gasteiger partial charge in [-0.25, -0.2) is 0 Å². The Morgan fingerprint density at radius 1 is 1.02 bits per heavy atom. The van der Waals surface area contributed by atoms with Crippen molar-refractivity contribution in [1.82, 2.24) is 0 Å². The van der Waals surface area contributed by atoms with Gasteiger partial charge in [-0.15, -0.1) is 0 Å². The number of anilines is 2. The predicted molar refractivity (Wildman–Crippen MR) is 172 cm³/mol. The summed E-state index contributed by atoms with van der Waals surface area (Å²) in [7, 11) is 1.85. The molecule has 0 spiro atoms. The zero-order chi connectivity index (χ0) is 29.7. The van der Waals surface area contributed by atoms with Crippen LogP contribution in [0.3, 0.4) is 0 Å². The van der Waals surface area contributed by atoms with Gasteiger partial charge in [-0.05, 0) is 143 Å². The van der Waals surface area contributed by atoms with Gasteiger partial charge in [-0.1, -0.05) is 39.3 Å². The van der Waals surface area contributed by atoms with Crippen LogP contribution < -0.4 is 11.1 Å². The first-order valence-corrected chi connectivity index (χ1v) is 16.8. The molecule has 1 aromatic rings. The van der Waals surface area contributed by atoms with Gasteiger partial charge in [0.15, 0.2) is 5.78 Å². The number of aliphatic hydroxyl groups is 1. The Bertz CT molecular complexity index is 1160. The lowest BCUT2D eigenvalue weighted by Crippen LogP contribution is -2.60. The number of rotatable bonds is 8. The molecular formula is C37H58N2O2. The monoisotopic (exact) mass is 562 g/mol. The summed E-state index contributed by atoms with van der Waals surface area (Å²) in [5.74, 6) is 4.47. The smallest absolute Gasteiger partial charge is 0.163 e. The van der Waals surface area contributed by atoms with Crippen molar-refractivity contribution in [3.8, 4) is 0 Å². The molecule has 5 rings (SSSR count). The number of nitrogens with two attached hydrogens (primary N) is 1. The third kappa shape index (κ3) is 5.30. The molecule has 0 amide bonds. The molecule has 10 unspecified atom stereocenters. The number of hydrogen-bond acceptors (Lipinski definition) is 4. The van der Waals surface area contributed by atoms with Gasteiger partial charge < -0.3 is 16.2 Å². The molecule has 4 N–H and O–H groups in total. The number of ketones is 1. The highest BCUT2D eigenvalue weighted by Gasteiger charge is 2.64. The number of benzene rings is 1. The molecule has 0 aliphatic heterocycles. The summed E-state index contributed by atoms with van der Waals surface area (Å²) in [4.78, 5) is 13.8. The van der Waals surface area contributed by atoms with E-state index in [1.807, 2.05) is 19.2 Å². The second-order valence-electron chi connectivity index (χ2n) is 15.8. The molecule has 0 aromatic heterocycles. The molecule has 4 fully saturated rings. The van der Waals surface area contributed by atoms with E-state index in [-0.39, 0.29) is 11.2 Å². The largest absolute Gasteiger partial charge is 0.399 e. The van der Waals surface area contributed by atoms with Crippen LogP contribution in [-0.4, -0.2) is 24.0 Å². The molecule has 228 valence electrons. The van der Waals surface area contributed by atoms with Crippen LogP contribution >= 0.6 is 0 Å². The van der Waals surface area contributed by atoms with E-state index in [4.69, 9.17) is 5.73 Å². The fraction of sp³-hybridized carbons (Fsp3) is 0.757. The number of hydrogen-bond donors (Lipinski definition) is 3. The van der Waals surface area contributed by atoms with E-state index in [0.29, 0.717) is 34.9 Å². The molecule has 0 bridgehead atoms. The molecule has 0 saturated heterocycles. The minimum atomic E-state index is -0.433. The Morgan fingerprint density at radius 2 is 1.73 bits per heavy atom. The molecule has 4 heteroatoms. The first kappa shape index (κ1) is 30.6. The molecule has 1 aromatic carbocycles. The maximum atomic E-state index is 13.8. The van der Waals surface area contributed by atoms with Gasteiger partial charge in [0.05, 0.1) is 6.10 Å². The quantitative estimate of drug-likeness (QED) is 0.168. The second kappa shape index (κ2) is 11.4. The van der Waals surface area contributed by atoms with E-state index in [0.717, 1.165) is 48.6 Å². The molecule has 4 aliphatic rings. The Kier molecular flexibility index (Phi) is 8.49. The van der Waals surface area contributed by atoms with Gasteiger partial charge >= 0.3 is 0 Å². The van der Waals surface area contributed by atoms with Gasteiger partial charge in [0.2, 0.25) is 0 Å². The maximum Gasteiger partial charge on any atom is 0.163 e. The highest BCUT2D eigenvalue weighted by Crippen LogP contribution is 2.70. The fourth-order valence-electron chi connectivity index (χ4n) is 11.4. The third-order valence-corrected chi connectivity index (χ3v) is 13.4. The van der Waals surface area contributed by atoms with Crippen molar-refractivity contribution >= 4 is 17.2 Å².